The lowest BCUT2D eigenvalue weighted by molar-refractivity contribution is 0.0520. The van der Waals surface area contributed by atoms with Crippen molar-refractivity contribution >= 4 is 5.97 Å². The Hall–Kier alpha value is -2.21. The summed E-state index contributed by atoms with van der Waals surface area (Å²) in [5.74, 6) is -0.460. The van der Waals surface area contributed by atoms with E-state index in [0.717, 1.165) is 25.2 Å². The van der Waals surface area contributed by atoms with Crippen LogP contribution in [0.5, 0.6) is 0 Å². The molecule has 0 aliphatic carbocycles. The number of ether oxygens (including phenoxy) is 1. The minimum Gasteiger partial charge on any atom is -0.461 e. The van der Waals surface area contributed by atoms with E-state index in [1.54, 1.807) is 6.92 Å². The Morgan fingerprint density at radius 3 is 2.41 bits per heavy atom. The van der Waals surface area contributed by atoms with Crippen LogP contribution >= 0.6 is 0 Å². The van der Waals surface area contributed by atoms with Crippen molar-refractivity contribution in [1.82, 2.24) is 20.3 Å². The maximum Gasteiger partial charge on any atom is 0.361 e. The number of benzene rings is 1. The highest BCUT2D eigenvalue weighted by Crippen LogP contribution is 2.21. The second kappa shape index (κ2) is 7.70. The van der Waals surface area contributed by atoms with E-state index in [1.165, 1.54) is 5.56 Å². The average molecular weight is 302 g/mol. The van der Waals surface area contributed by atoms with Gasteiger partial charge in [-0.1, -0.05) is 38.1 Å². The Morgan fingerprint density at radius 2 is 1.82 bits per heavy atom. The monoisotopic (exact) mass is 302 g/mol. The molecule has 118 valence electrons. The molecule has 0 spiro atoms. The maximum absolute atomic E-state index is 11.8. The number of carbonyl (C=O) groups is 1. The van der Waals surface area contributed by atoms with Gasteiger partial charge in [0.2, 0.25) is 0 Å². The molecule has 0 amide bonds. The van der Waals surface area contributed by atoms with Crippen molar-refractivity contribution in [3.05, 3.63) is 35.5 Å². The largest absolute Gasteiger partial charge is 0.461 e. The molecular weight excluding hydrogens is 280 g/mol. The Kier molecular flexibility index (Phi) is 5.66. The van der Waals surface area contributed by atoms with Crippen LogP contribution < -0.4 is 0 Å². The van der Waals surface area contributed by atoms with Crippen molar-refractivity contribution in [3.63, 3.8) is 0 Å². The first kappa shape index (κ1) is 16.2. The molecule has 6 heteroatoms. The summed E-state index contributed by atoms with van der Waals surface area (Å²) in [4.78, 5) is 14.2. The van der Waals surface area contributed by atoms with Gasteiger partial charge in [0, 0.05) is 12.1 Å². The maximum atomic E-state index is 11.8. The molecule has 0 saturated carbocycles. The zero-order chi connectivity index (χ0) is 15.9. The zero-order valence-electron chi connectivity index (χ0n) is 13.3. The molecule has 1 heterocycles. The van der Waals surface area contributed by atoms with Crippen molar-refractivity contribution < 1.29 is 9.53 Å². The van der Waals surface area contributed by atoms with Crippen molar-refractivity contribution in [3.8, 4) is 11.3 Å². The van der Waals surface area contributed by atoms with E-state index in [1.807, 2.05) is 12.1 Å². The SMILES string of the molecule is CCOC(=O)c1n[nH]nc1-c1ccc(CN(CC)CC)cc1. The molecule has 2 aromatic rings. The van der Waals surface area contributed by atoms with E-state index in [9.17, 15) is 4.79 Å². The summed E-state index contributed by atoms with van der Waals surface area (Å²) in [5, 5.41) is 10.4. The number of nitrogens with one attached hydrogen (secondary N) is 1. The van der Waals surface area contributed by atoms with Crippen molar-refractivity contribution in [2.24, 2.45) is 0 Å². The third kappa shape index (κ3) is 3.71. The predicted octanol–water partition coefficient (Wildman–Crippen LogP) is 2.49. The lowest BCUT2D eigenvalue weighted by Gasteiger charge is -2.17. The van der Waals surface area contributed by atoms with Gasteiger partial charge >= 0.3 is 5.97 Å². The van der Waals surface area contributed by atoms with Gasteiger partial charge in [-0.25, -0.2) is 4.79 Å². The fraction of sp³-hybridized carbons (Fsp3) is 0.438. The normalized spacial score (nSPS) is 10.9. The molecule has 0 fully saturated rings. The Labute approximate surface area is 130 Å². The lowest BCUT2D eigenvalue weighted by atomic mass is 10.1. The summed E-state index contributed by atoms with van der Waals surface area (Å²) in [6.07, 6.45) is 0. The smallest absolute Gasteiger partial charge is 0.361 e. The number of hydrogen-bond donors (Lipinski definition) is 1. The third-order valence-electron chi connectivity index (χ3n) is 3.54. The molecule has 1 aromatic heterocycles. The minimum absolute atomic E-state index is 0.221. The van der Waals surface area contributed by atoms with Crippen molar-refractivity contribution in [1.29, 1.82) is 0 Å². The molecular formula is C16H22N4O2. The number of aromatic nitrogens is 3. The van der Waals surface area contributed by atoms with E-state index in [0.29, 0.717) is 12.3 Å². The second-order valence-electron chi connectivity index (χ2n) is 4.90. The first-order valence-electron chi connectivity index (χ1n) is 7.59. The number of rotatable bonds is 7. The van der Waals surface area contributed by atoms with Gasteiger partial charge in [0.1, 0.15) is 5.69 Å². The van der Waals surface area contributed by atoms with E-state index in [-0.39, 0.29) is 5.69 Å². The highest BCUT2D eigenvalue weighted by molar-refractivity contribution is 5.93. The number of carbonyl (C=O) groups excluding carboxylic acids is 1. The Bertz CT molecular complexity index is 603. The summed E-state index contributed by atoms with van der Waals surface area (Å²) in [6, 6.07) is 8.02. The molecule has 1 N–H and O–H groups in total. The molecule has 0 saturated heterocycles. The van der Waals surface area contributed by atoms with Crippen molar-refractivity contribution in [2.45, 2.75) is 27.3 Å². The molecule has 0 radical (unpaired) electrons. The Morgan fingerprint density at radius 1 is 1.14 bits per heavy atom. The quantitative estimate of drug-likeness (QED) is 0.796. The summed E-state index contributed by atoms with van der Waals surface area (Å²) in [7, 11) is 0. The first-order chi connectivity index (χ1) is 10.7. The minimum atomic E-state index is -0.460. The van der Waals surface area contributed by atoms with Gasteiger partial charge < -0.3 is 4.74 Å². The Balaban J connectivity index is 2.17. The topological polar surface area (TPSA) is 71.1 Å². The lowest BCUT2D eigenvalue weighted by Crippen LogP contribution is -2.21. The first-order valence-corrected chi connectivity index (χ1v) is 7.59. The van der Waals surface area contributed by atoms with E-state index in [2.05, 4.69) is 46.3 Å². The molecule has 0 aliphatic rings. The van der Waals surface area contributed by atoms with Gasteiger partial charge in [0.25, 0.3) is 0 Å². The highest BCUT2D eigenvalue weighted by Gasteiger charge is 2.18. The molecule has 2 rings (SSSR count). The van der Waals surface area contributed by atoms with Gasteiger partial charge in [0.15, 0.2) is 5.69 Å². The van der Waals surface area contributed by atoms with Crippen LogP contribution in [-0.2, 0) is 11.3 Å². The molecule has 0 aliphatic heterocycles. The van der Waals surface area contributed by atoms with Crippen LogP contribution in [0.3, 0.4) is 0 Å². The number of esters is 1. The number of hydrogen-bond acceptors (Lipinski definition) is 5. The number of H-pyrrole nitrogens is 1. The molecule has 0 atom stereocenters. The van der Waals surface area contributed by atoms with E-state index in [4.69, 9.17) is 4.74 Å². The third-order valence-corrected chi connectivity index (χ3v) is 3.54. The predicted molar refractivity (Wildman–Crippen MR) is 84.4 cm³/mol. The standard InChI is InChI=1S/C16H22N4O2/c1-4-20(5-2)11-12-7-9-13(10-8-12)14-15(18-19-17-14)16(21)22-6-3/h7-10H,4-6,11H2,1-3H3,(H,17,18,19). The highest BCUT2D eigenvalue weighted by atomic mass is 16.5. The fourth-order valence-corrected chi connectivity index (χ4v) is 2.25. The van der Waals surface area contributed by atoms with Crippen LogP contribution in [0.25, 0.3) is 11.3 Å². The zero-order valence-corrected chi connectivity index (χ0v) is 13.3. The number of aromatic amines is 1. The van der Waals surface area contributed by atoms with Crippen LogP contribution in [0.4, 0.5) is 0 Å². The van der Waals surface area contributed by atoms with E-state index >= 15 is 0 Å². The second-order valence-corrected chi connectivity index (χ2v) is 4.90. The number of nitrogens with zero attached hydrogens (tertiary/aromatic N) is 3. The van der Waals surface area contributed by atoms with Gasteiger partial charge in [0.05, 0.1) is 6.61 Å². The molecule has 6 nitrogen and oxygen atoms in total. The summed E-state index contributed by atoms with van der Waals surface area (Å²) in [6.45, 7) is 9.34. The summed E-state index contributed by atoms with van der Waals surface area (Å²) in [5.41, 5.74) is 2.82. The molecule has 0 bridgehead atoms. The van der Waals surface area contributed by atoms with Gasteiger partial charge in [-0.15, -0.1) is 5.10 Å². The summed E-state index contributed by atoms with van der Waals surface area (Å²) >= 11 is 0. The van der Waals surface area contributed by atoms with Crippen LogP contribution in [0.2, 0.25) is 0 Å². The summed E-state index contributed by atoms with van der Waals surface area (Å²) < 4.78 is 4.99. The van der Waals surface area contributed by atoms with Crippen LogP contribution in [-0.4, -0.2) is 46.0 Å². The molecule has 0 unspecified atom stereocenters. The van der Waals surface area contributed by atoms with Gasteiger partial charge in [-0.2, -0.15) is 10.3 Å². The van der Waals surface area contributed by atoms with Gasteiger partial charge in [-0.05, 0) is 25.6 Å². The molecule has 1 aromatic carbocycles. The van der Waals surface area contributed by atoms with Crippen LogP contribution in [0.1, 0.15) is 36.8 Å². The van der Waals surface area contributed by atoms with Gasteiger partial charge in [-0.3, -0.25) is 4.90 Å². The molecule has 22 heavy (non-hydrogen) atoms. The van der Waals surface area contributed by atoms with Crippen LogP contribution in [0.15, 0.2) is 24.3 Å². The van der Waals surface area contributed by atoms with E-state index < -0.39 is 5.97 Å². The fourth-order valence-electron chi connectivity index (χ4n) is 2.25. The average Bonchev–Trinajstić information content (AvgIpc) is 3.03. The van der Waals surface area contributed by atoms with Crippen LogP contribution in [0, 0.1) is 0 Å². The van der Waals surface area contributed by atoms with Crippen molar-refractivity contribution in [2.75, 3.05) is 19.7 Å².